The first kappa shape index (κ1) is 89.6. The predicted octanol–water partition coefficient (Wildman–Crippen LogP) is 14.8. The van der Waals surface area contributed by atoms with Crippen molar-refractivity contribution in [3.05, 3.63) is 202 Å². The van der Waals surface area contributed by atoms with Crippen LogP contribution in [0.3, 0.4) is 0 Å². The van der Waals surface area contributed by atoms with Crippen LogP contribution < -0.4 is 59.6 Å². The van der Waals surface area contributed by atoms with E-state index in [0.717, 1.165) is 60.7 Å². The molecular formula is C92H116ClF2N7O18. The lowest BCUT2D eigenvalue weighted by molar-refractivity contribution is -0.151. The van der Waals surface area contributed by atoms with Crippen LogP contribution in [-0.2, 0) is 33.4 Å². The molecular weight excluding hydrogens is 1560 g/mol. The van der Waals surface area contributed by atoms with E-state index in [2.05, 4.69) is 30.7 Å². The van der Waals surface area contributed by atoms with Gasteiger partial charge in [0.1, 0.15) is 83.9 Å². The zero-order valence-corrected chi connectivity index (χ0v) is 66.3. The van der Waals surface area contributed by atoms with Crippen molar-refractivity contribution in [2.75, 3.05) is 72.5 Å². The number of nitrogens with zero attached hydrogens (tertiary/aromatic N) is 3. The molecule has 6 fully saturated rings. The lowest BCUT2D eigenvalue weighted by Gasteiger charge is -2.32. The zero-order chi connectivity index (χ0) is 81.1. The van der Waals surface area contributed by atoms with Crippen molar-refractivity contribution in [3.8, 4) is 46.0 Å². The number of carbonyl (C=O) groups excluding carboxylic acids is 3. The molecule has 8 aromatic rings. The smallest absolute Gasteiger partial charge is 0.407 e. The van der Waals surface area contributed by atoms with Gasteiger partial charge in [0.05, 0.1) is 30.3 Å². The van der Waals surface area contributed by atoms with Crippen LogP contribution in [0.1, 0.15) is 176 Å². The number of furan rings is 1. The Morgan fingerprint density at radius 1 is 0.433 bits per heavy atom. The summed E-state index contributed by atoms with van der Waals surface area (Å²) >= 11 is 5.96. The van der Waals surface area contributed by atoms with Gasteiger partial charge in [0, 0.05) is 72.3 Å². The average molecular weight is 1680 g/mol. The molecule has 6 bridgehead atoms. The molecule has 0 radical (unpaired) electrons. The van der Waals surface area contributed by atoms with E-state index in [4.69, 9.17) is 69.1 Å². The lowest BCUT2D eigenvalue weighted by Crippen LogP contribution is -2.52. The van der Waals surface area contributed by atoms with Gasteiger partial charge in [0.2, 0.25) is 0 Å². The van der Waals surface area contributed by atoms with Gasteiger partial charge in [-0.2, -0.15) is 8.78 Å². The van der Waals surface area contributed by atoms with Gasteiger partial charge in [-0.15, -0.1) is 0 Å². The molecule has 6 saturated heterocycles. The maximum atomic E-state index is 15.3. The van der Waals surface area contributed by atoms with Crippen LogP contribution in [0.4, 0.5) is 18.4 Å². The number of aliphatic hydroxyl groups excluding tert-OH is 4. The summed E-state index contributed by atoms with van der Waals surface area (Å²) in [5.41, 5.74) is 10.9. The summed E-state index contributed by atoms with van der Waals surface area (Å²) in [6.45, 7) is 7.80. The summed E-state index contributed by atoms with van der Waals surface area (Å²) in [4.78, 5) is 44.9. The number of alkyl halides is 2. The van der Waals surface area contributed by atoms with Crippen molar-refractivity contribution in [1.29, 1.82) is 0 Å². The number of benzene rings is 7. The molecule has 7 aromatic carbocycles. The maximum Gasteiger partial charge on any atom is 0.407 e. The lowest BCUT2D eigenvalue weighted by atomic mass is 10.00. The Hall–Kier alpha value is -9.68. The molecule has 10 aliphatic rings. The van der Waals surface area contributed by atoms with Crippen LogP contribution in [-0.4, -0.2) is 186 Å². The van der Waals surface area contributed by atoms with Crippen molar-refractivity contribution < 1.29 is 95.4 Å². The van der Waals surface area contributed by atoms with Crippen LogP contribution in [0, 0.1) is 0 Å². The van der Waals surface area contributed by atoms with Crippen LogP contribution in [0.5, 0.6) is 46.0 Å². The molecule has 0 spiro atoms. The number of hydrogen-bond donors (Lipinski definition) is 8. The first-order valence-electron chi connectivity index (χ1n) is 41.0. The first-order valence-corrected chi connectivity index (χ1v) is 41.4. The van der Waals surface area contributed by atoms with Crippen LogP contribution in [0.2, 0.25) is 5.02 Å². The van der Waals surface area contributed by atoms with Gasteiger partial charge in [-0.1, -0.05) is 126 Å². The van der Waals surface area contributed by atoms with Crippen molar-refractivity contribution in [1.82, 2.24) is 30.7 Å². The number of ether oxygens (including phenoxy) is 10. The van der Waals surface area contributed by atoms with Crippen LogP contribution in [0.25, 0.3) is 11.0 Å². The third-order valence-electron chi connectivity index (χ3n) is 24.1. The Morgan fingerprint density at radius 2 is 0.758 bits per heavy atom. The van der Waals surface area contributed by atoms with Crippen LogP contribution >= 0.6 is 11.6 Å². The number of nitrogens with two attached hydrogens (primary N) is 1. The molecule has 120 heavy (non-hydrogen) atoms. The fourth-order valence-electron chi connectivity index (χ4n) is 17.9. The van der Waals surface area contributed by atoms with E-state index >= 15 is 8.78 Å². The van der Waals surface area contributed by atoms with Crippen molar-refractivity contribution in [3.63, 3.8) is 0 Å². The summed E-state index contributed by atoms with van der Waals surface area (Å²) in [5, 5.41) is 52.7. The highest BCUT2D eigenvalue weighted by atomic mass is 35.5. The molecule has 25 nitrogen and oxygen atoms in total. The molecule has 18 rings (SSSR count). The molecule has 28 heteroatoms. The molecule has 0 saturated carbocycles. The summed E-state index contributed by atoms with van der Waals surface area (Å²) in [7, 11) is 0. The SMILES string of the molecule is C.C.C.CC[C@@H](NC(=O)OCc1ccccc1)[C@H](O)c1ccc2c(c1)OCCO2.N[C@H](CN1C2CCC1CC2)[C@H](O)c1ccc2c(c1)OCCO2.O=C(N[C@H](CN1C2CCC1CC2)[C@H](O)c1ccc2c(c1)OCCO2)C(F)(F)c1cc2cc(Cl)ccc2o1.O=C(N[C@H](CN1C2CCC1CC2)[C@H](O)c1ccc2c(c1)OCCO2)OCc1ccccc1. The second kappa shape index (κ2) is 41.3. The second-order valence-corrected chi connectivity index (χ2v) is 31.9. The number of fused-ring (bicyclic) bond motifs is 11. The minimum atomic E-state index is -3.96. The monoisotopic (exact) mass is 1680 g/mol. The molecule has 3 amide bonds. The fraction of sp³-hybridized carbons (Fsp3) is 0.489. The normalized spacial score (nSPS) is 22.0. The van der Waals surface area contributed by atoms with Gasteiger partial charge in [-0.3, -0.25) is 19.5 Å². The number of halogens is 3. The largest absolute Gasteiger partial charge is 0.486 e. The standard InChI is InChI=1S/C27H27ClF2N2O5.C25H30N2O5.C20H23NO5.C17H24N2O3.3CH4/c28-17-2-8-21-16(11-17)13-24(37-21)27(29,30)26(34)31-20(14-32-18-3-4-19(32)6-5-18)25(33)15-1-7-22-23(12-15)36-10-9-35-22;28-24(18-6-11-22-23(14-18)31-13-12-30-22)21(15-27-19-7-8-20(27)10-9-19)26-25(29)32-16-17-4-2-1-3-5-17;1-2-16(21-20(23)26-13-14-6-4-3-5-7-14)19(22)15-8-9-17-18(12-15)25-11-10-24-17;18-14(10-19-12-2-3-13(19)5-4-12)17(20)11-1-6-15-16(9-11)22-8-7-21-15;;;/h1-2,7-8,11-13,18-20,25,33H,3-6,9-10,14H2,(H,31,34);1-6,11,14,19-21,24,28H,7-10,12-13,15-16H2,(H,26,29);3-9,12,16,19,22H,2,10-11,13H2,1H3,(H,21,23);1,6,9,12-14,17,20H,2-5,7-8,10,18H2;3*1H4/t18?,19?,20-,25-;19?,20?,21-,24-;16-,19-;12?,13?,14-,17-;;;/m1111.../s1. The van der Waals surface area contributed by atoms with Gasteiger partial charge >= 0.3 is 18.1 Å². The number of nitrogens with one attached hydrogen (secondary N) is 3. The van der Waals surface area contributed by atoms with E-state index in [-0.39, 0.29) is 53.7 Å². The quantitative estimate of drug-likeness (QED) is 0.0279. The number of alkyl carbamates (subject to hydrolysis) is 2. The average Bonchev–Trinajstić information content (AvgIpc) is 1.68. The van der Waals surface area contributed by atoms with Gasteiger partial charge in [0.25, 0.3) is 5.91 Å². The second-order valence-electron chi connectivity index (χ2n) is 31.5. The minimum Gasteiger partial charge on any atom is -0.486 e. The van der Waals surface area contributed by atoms with E-state index in [9.17, 15) is 34.8 Å². The summed E-state index contributed by atoms with van der Waals surface area (Å²) in [5.74, 6) is -1.23. The highest BCUT2D eigenvalue weighted by molar-refractivity contribution is 6.31. The Labute approximate surface area is 705 Å². The zero-order valence-electron chi connectivity index (χ0n) is 65.5. The van der Waals surface area contributed by atoms with Crippen molar-refractivity contribution >= 4 is 40.7 Å². The number of amides is 3. The van der Waals surface area contributed by atoms with E-state index in [0.29, 0.717) is 169 Å². The predicted molar refractivity (Wildman–Crippen MR) is 450 cm³/mol. The molecule has 9 N–H and O–H groups in total. The number of hydrogen-bond acceptors (Lipinski definition) is 22. The van der Waals surface area contributed by atoms with E-state index in [1.165, 1.54) is 69.6 Å². The van der Waals surface area contributed by atoms with Crippen molar-refractivity contribution in [2.45, 2.75) is 217 Å². The van der Waals surface area contributed by atoms with Gasteiger partial charge in [0.15, 0.2) is 51.8 Å². The fourth-order valence-corrected chi connectivity index (χ4v) is 18.1. The first-order chi connectivity index (χ1) is 56.9. The molecule has 1 aromatic heterocycles. The summed E-state index contributed by atoms with van der Waals surface area (Å²) < 4.78 is 91.3. The number of rotatable bonds is 24. The van der Waals surface area contributed by atoms with Gasteiger partial charge in [-0.25, -0.2) is 9.59 Å². The molecule has 0 unspecified atom stereocenters. The Bertz CT molecular complexity index is 4630. The summed E-state index contributed by atoms with van der Waals surface area (Å²) in [6.07, 6.45) is 9.83. The Kier molecular flexibility index (Phi) is 30.8. The summed E-state index contributed by atoms with van der Waals surface area (Å²) in [6, 6.07) is 46.9. The van der Waals surface area contributed by atoms with E-state index in [1.807, 2.05) is 104 Å². The molecule has 0 aliphatic carbocycles. The highest BCUT2D eigenvalue weighted by Gasteiger charge is 2.49. The van der Waals surface area contributed by atoms with Crippen molar-refractivity contribution in [2.24, 2.45) is 5.73 Å². The molecule has 11 heterocycles. The highest BCUT2D eigenvalue weighted by Crippen LogP contribution is 2.44. The van der Waals surface area contributed by atoms with Gasteiger partial charge in [-0.05, 0) is 190 Å². The Balaban J connectivity index is 0.000000148. The molecule has 10 aliphatic heterocycles. The molecule has 8 atom stereocenters. The molecule has 648 valence electrons. The number of carbonyl (C=O) groups is 3. The van der Waals surface area contributed by atoms with Crippen LogP contribution in [0.15, 0.2) is 162 Å². The maximum absolute atomic E-state index is 15.3. The van der Waals surface area contributed by atoms with E-state index < -0.39 is 72.3 Å². The van der Waals surface area contributed by atoms with Gasteiger partial charge < -0.3 is 93.9 Å². The van der Waals surface area contributed by atoms with E-state index in [1.54, 1.807) is 36.4 Å². The third kappa shape index (κ3) is 21.4. The Morgan fingerprint density at radius 3 is 1.12 bits per heavy atom. The topological polar surface area (TPSA) is 309 Å². The minimum absolute atomic E-state index is 0. The third-order valence-corrected chi connectivity index (χ3v) is 24.3. The number of aliphatic hydroxyl groups is 4.